The van der Waals surface area contributed by atoms with Crippen LogP contribution in [0.4, 0.5) is 0 Å². The zero-order valence-corrected chi connectivity index (χ0v) is 12.5. The van der Waals surface area contributed by atoms with Crippen LogP contribution >= 0.6 is 11.8 Å². The fourth-order valence-corrected chi connectivity index (χ4v) is 3.43. The van der Waals surface area contributed by atoms with E-state index in [0.29, 0.717) is 6.54 Å². The highest BCUT2D eigenvalue weighted by Crippen LogP contribution is 2.27. The number of thioether (sulfide) groups is 1. The van der Waals surface area contributed by atoms with Gasteiger partial charge >= 0.3 is 0 Å². The first-order valence-corrected chi connectivity index (χ1v) is 8.07. The molecule has 1 aromatic rings. The summed E-state index contributed by atoms with van der Waals surface area (Å²) in [5.41, 5.74) is 6.65. The molecule has 1 saturated heterocycles. The summed E-state index contributed by atoms with van der Waals surface area (Å²) in [7, 11) is 0. The number of carbonyl (C=O) groups excluding carboxylic acids is 1. The maximum absolute atomic E-state index is 12.8. The van der Waals surface area contributed by atoms with Gasteiger partial charge in [-0.2, -0.15) is 0 Å². The van der Waals surface area contributed by atoms with Gasteiger partial charge in [0, 0.05) is 23.5 Å². The molecule has 1 aliphatic heterocycles. The lowest BCUT2D eigenvalue weighted by atomic mass is 9.95. The smallest absolute Gasteiger partial charge is 0.255 e. The minimum atomic E-state index is 0.132. The number of nitrogens with two attached hydrogens (primary N) is 1. The summed E-state index contributed by atoms with van der Waals surface area (Å²) in [5, 5.41) is 0. The summed E-state index contributed by atoms with van der Waals surface area (Å²) in [5.74, 6) is 0.132. The molecule has 2 atom stereocenters. The van der Waals surface area contributed by atoms with Crippen molar-refractivity contribution in [2.75, 3.05) is 12.8 Å². The van der Waals surface area contributed by atoms with Crippen molar-refractivity contribution in [1.29, 1.82) is 0 Å². The van der Waals surface area contributed by atoms with Gasteiger partial charge < -0.3 is 10.6 Å². The lowest BCUT2D eigenvalue weighted by Gasteiger charge is -2.40. The van der Waals surface area contributed by atoms with Crippen LogP contribution in [0.25, 0.3) is 0 Å². The van der Waals surface area contributed by atoms with Gasteiger partial charge in [-0.25, -0.2) is 0 Å². The molecule has 0 aliphatic carbocycles. The molecule has 3 nitrogen and oxygen atoms in total. The quantitative estimate of drug-likeness (QED) is 0.865. The predicted octanol–water partition coefficient (Wildman–Crippen LogP) is 2.75. The maximum atomic E-state index is 12.8. The van der Waals surface area contributed by atoms with Crippen LogP contribution < -0.4 is 5.73 Å². The Bertz CT molecular complexity index is 450. The Hall–Kier alpha value is -1.00. The summed E-state index contributed by atoms with van der Waals surface area (Å²) in [6, 6.07) is 8.30. The highest BCUT2D eigenvalue weighted by molar-refractivity contribution is 7.98. The van der Waals surface area contributed by atoms with Crippen molar-refractivity contribution in [1.82, 2.24) is 4.90 Å². The van der Waals surface area contributed by atoms with Crippen LogP contribution in [0.5, 0.6) is 0 Å². The molecule has 0 saturated carbocycles. The van der Waals surface area contributed by atoms with E-state index in [4.69, 9.17) is 5.73 Å². The molecule has 0 bridgehead atoms. The van der Waals surface area contributed by atoms with E-state index in [0.717, 1.165) is 29.7 Å². The molecule has 2 rings (SSSR count). The van der Waals surface area contributed by atoms with Crippen molar-refractivity contribution in [2.45, 2.75) is 43.2 Å². The van der Waals surface area contributed by atoms with Gasteiger partial charge in [0.15, 0.2) is 0 Å². The second-order valence-corrected chi connectivity index (χ2v) is 5.93. The van der Waals surface area contributed by atoms with Gasteiger partial charge in [-0.05, 0) is 44.6 Å². The van der Waals surface area contributed by atoms with Crippen molar-refractivity contribution < 1.29 is 4.79 Å². The molecule has 1 amide bonds. The predicted molar refractivity (Wildman–Crippen MR) is 80.5 cm³/mol. The van der Waals surface area contributed by atoms with E-state index >= 15 is 0 Å². The van der Waals surface area contributed by atoms with Crippen molar-refractivity contribution in [3.05, 3.63) is 29.8 Å². The molecule has 1 heterocycles. The Kier molecular flexibility index (Phi) is 4.88. The molecule has 1 aliphatic rings. The first-order chi connectivity index (χ1) is 9.19. The zero-order chi connectivity index (χ0) is 13.8. The largest absolute Gasteiger partial charge is 0.332 e. The van der Waals surface area contributed by atoms with E-state index in [-0.39, 0.29) is 18.0 Å². The molecule has 1 fully saturated rings. The lowest BCUT2D eigenvalue weighted by Crippen LogP contribution is -2.51. The molecule has 104 valence electrons. The monoisotopic (exact) mass is 278 g/mol. The molecular weight excluding hydrogens is 256 g/mol. The molecule has 2 unspecified atom stereocenters. The molecule has 19 heavy (non-hydrogen) atoms. The van der Waals surface area contributed by atoms with E-state index in [1.54, 1.807) is 11.8 Å². The lowest BCUT2D eigenvalue weighted by molar-refractivity contribution is 0.0490. The second-order valence-electron chi connectivity index (χ2n) is 5.08. The third-order valence-corrected chi connectivity index (χ3v) is 4.67. The van der Waals surface area contributed by atoms with Gasteiger partial charge in [-0.3, -0.25) is 4.79 Å². The van der Waals surface area contributed by atoms with E-state index < -0.39 is 0 Å². The third-order valence-electron chi connectivity index (χ3n) is 3.87. The molecular formula is C15H22N2OS. The zero-order valence-electron chi connectivity index (χ0n) is 11.6. The summed E-state index contributed by atoms with van der Waals surface area (Å²) >= 11 is 1.62. The third kappa shape index (κ3) is 2.95. The van der Waals surface area contributed by atoms with Crippen LogP contribution in [-0.2, 0) is 0 Å². The molecule has 2 N–H and O–H groups in total. The minimum absolute atomic E-state index is 0.132. The van der Waals surface area contributed by atoms with E-state index in [9.17, 15) is 4.79 Å². The Morgan fingerprint density at radius 3 is 2.84 bits per heavy atom. The first-order valence-electron chi connectivity index (χ1n) is 6.84. The van der Waals surface area contributed by atoms with Crippen LogP contribution in [0.1, 0.15) is 36.5 Å². The number of rotatable bonds is 3. The van der Waals surface area contributed by atoms with Crippen LogP contribution in [0.3, 0.4) is 0 Å². The van der Waals surface area contributed by atoms with Crippen molar-refractivity contribution in [3.63, 3.8) is 0 Å². The fraction of sp³-hybridized carbons (Fsp3) is 0.533. The van der Waals surface area contributed by atoms with Gasteiger partial charge in [-0.15, -0.1) is 11.8 Å². The maximum Gasteiger partial charge on any atom is 0.255 e. The Balaban J connectivity index is 2.30. The molecule has 4 heteroatoms. The van der Waals surface area contributed by atoms with E-state index in [1.807, 2.05) is 35.4 Å². The van der Waals surface area contributed by atoms with Gasteiger partial charge in [0.1, 0.15) is 0 Å². The number of piperidine rings is 1. The number of hydrogen-bond acceptors (Lipinski definition) is 3. The topological polar surface area (TPSA) is 46.3 Å². The van der Waals surface area contributed by atoms with Gasteiger partial charge in [0.2, 0.25) is 0 Å². The summed E-state index contributed by atoms with van der Waals surface area (Å²) < 4.78 is 0. The molecule has 0 aromatic heterocycles. The standard InChI is InChI=1S/C15H22N2OS/c1-11-6-5-7-12(10-16)17(11)15(18)13-8-3-4-9-14(13)19-2/h3-4,8-9,11-12H,5-7,10,16H2,1-2H3. The Morgan fingerprint density at radius 1 is 1.42 bits per heavy atom. The van der Waals surface area contributed by atoms with Gasteiger partial charge in [0.05, 0.1) is 5.56 Å². The first kappa shape index (κ1) is 14.4. The molecule has 0 spiro atoms. The number of carbonyl (C=O) groups is 1. The van der Waals surface area contributed by atoms with Crippen LogP contribution in [0, 0.1) is 0 Å². The highest BCUT2D eigenvalue weighted by Gasteiger charge is 2.32. The SMILES string of the molecule is CSc1ccccc1C(=O)N1C(C)CCCC1CN. The highest BCUT2D eigenvalue weighted by atomic mass is 32.2. The van der Waals surface area contributed by atoms with Crippen molar-refractivity contribution >= 4 is 17.7 Å². The normalized spacial score (nSPS) is 23.4. The summed E-state index contributed by atoms with van der Waals surface area (Å²) in [6.45, 7) is 2.68. The number of likely N-dealkylation sites (tertiary alicyclic amines) is 1. The van der Waals surface area contributed by atoms with Gasteiger partial charge in [-0.1, -0.05) is 12.1 Å². The minimum Gasteiger partial charge on any atom is -0.332 e. The van der Waals surface area contributed by atoms with Crippen molar-refractivity contribution in [2.24, 2.45) is 5.73 Å². The van der Waals surface area contributed by atoms with Gasteiger partial charge in [0.25, 0.3) is 5.91 Å². The average Bonchev–Trinajstić information content (AvgIpc) is 2.46. The number of hydrogen-bond donors (Lipinski definition) is 1. The molecule has 0 radical (unpaired) electrons. The summed E-state index contributed by atoms with van der Waals surface area (Å²) in [6.07, 6.45) is 5.26. The summed E-state index contributed by atoms with van der Waals surface area (Å²) in [4.78, 5) is 15.9. The van der Waals surface area contributed by atoms with Crippen LogP contribution in [0.2, 0.25) is 0 Å². The fourth-order valence-electron chi connectivity index (χ4n) is 2.84. The van der Waals surface area contributed by atoms with E-state index in [2.05, 4.69) is 6.92 Å². The second kappa shape index (κ2) is 6.44. The Labute approximate surface area is 119 Å². The van der Waals surface area contributed by atoms with Crippen LogP contribution in [0.15, 0.2) is 29.2 Å². The van der Waals surface area contributed by atoms with E-state index in [1.165, 1.54) is 0 Å². The number of nitrogens with zero attached hydrogens (tertiary/aromatic N) is 1. The number of benzene rings is 1. The van der Waals surface area contributed by atoms with Crippen LogP contribution in [-0.4, -0.2) is 35.7 Å². The number of amides is 1. The Morgan fingerprint density at radius 2 is 2.16 bits per heavy atom. The molecule has 1 aromatic carbocycles. The average molecular weight is 278 g/mol. The van der Waals surface area contributed by atoms with Crippen molar-refractivity contribution in [3.8, 4) is 0 Å².